The van der Waals surface area contributed by atoms with Crippen LogP contribution >= 0.6 is 0 Å². The molecule has 0 aromatic carbocycles. The molecule has 0 spiro atoms. The van der Waals surface area contributed by atoms with Gasteiger partial charge in [0.25, 0.3) is 5.91 Å². The summed E-state index contributed by atoms with van der Waals surface area (Å²) in [6, 6.07) is 0.0972. The lowest BCUT2D eigenvalue weighted by atomic mass is 9.94. The van der Waals surface area contributed by atoms with E-state index in [1.54, 1.807) is 6.20 Å². The number of carbonyl (C=O) groups excluding carboxylic acids is 1. The zero-order valence-corrected chi connectivity index (χ0v) is 11.7. The van der Waals surface area contributed by atoms with Crippen LogP contribution in [0.25, 0.3) is 0 Å². The normalized spacial score (nSPS) is 24.1. The molecule has 3 N–H and O–H groups in total. The van der Waals surface area contributed by atoms with Crippen molar-refractivity contribution >= 4 is 11.7 Å². The van der Waals surface area contributed by atoms with Crippen LogP contribution in [0.15, 0.2) is 12.4 Å². The van der Waals surface area contributed by atoms with E-state index in [-0.39, 0.29) is 22.9 Å². The number of aromatic nitrogens is 2. The van der Waals surface area contributed by atoms with E-state index in [0.29, 0.717) is 5.82 Å². The predicted molar refractivity (Wildman–Crippen MR) is 71.8 cm³/mol. The quantitative estimate of drug-likeness (QED) is 0.859. The van der Waals surface area contributed by atoms with Gasteiger partial charge in [0.1, 0.15) is 11.5 Å². The molecule has 2 rings (SSSR count). The number of ether oxygens (including phenoxy) is 1. The van der Waals surface area contributed by atoms with Crippen molar-refractivity contribution < 1.29 is 9.53 Å². The topological polar surface area (TPSA) is 90.1 Å². The average Bonchev–Trinajstić information content (AvgIpc) is 2.47. The number of nitrogens with zero attached hydrogens (tertiary/aromatic N) is 2. The molecule has 0 bridgehead atoms. The number of primary amides is 1. The van der Waals surface area contributed by atoms with Crippen molar-refractivity contribution in [3.8, 4) is 0 Å². The van der Waals surface area contributed by atoms with E-state index >= 15 is 0 Å². The van der Waals surface area contributed by atoms with Gasteiger partial charge in [-0.15, -0.1) is 0 Å². The van der Waals surface area contributed by atoms with Gasteiger partial charge in [0.05, 0.1) is 29.6 Å². The number of nitrogens with two attached hydrogens (primary N) is 1. The van der Waals surface area contributed by atoms with Crippen LogP contribution in [0.3, 0.4) is 0 Å². The summed E-state index contributed by atoms with van der Waals surface area (Å²) in [5, 5.41) is 3.28. The Kier molecular flexibility index (Phi) is 3.22. The second-order valence-electron chi connectivity index (χ2n) is 6.02. The lowest BCUT2D eigenvalue weighted by Crippen LogP contribution is -2.38. The standard InChI is InChI=1S/C13H20N4O2/c1-12(2)5-9(13(3,4)19-12)17-10-7-15-6-8(16-10)11(14)18/h6-7,9H,5H2,1-4H3,(H2,14,18)(H,16,17). The summed E-state index contributed by atoms with van der Waals surface area (Å²) in [4.78, 5) is 19.2. The van der Waals surface area contributed by atoms with E-state index in [9.17, 15) is 4.79 Å². The molecule has 1 aliphatic rings. The number of hydrogen-bond acceptors (Lipinski definition) is 5. The first kappa shape index (κ1) is 13.7. The fourth-order valence-corrected chi connectivity index (χ4v) is 2.52. The molecule has 1 atom stereocenters. The van der Waals surface area contributed by atoms with E-state index < -0.39 is 5.91 Å². The molecule has 1 unspecified atom stereocenters. The highest BCUT2D eigenvalue weighted by molar-refractivity contribution is 5.90. The molecule has 0 radical (unpaired) electrons. The first-order valence-corrected chi connectivity index (χ1v) is 6.28. The van der Waals surface area contributed by atoms with Gasteiger partial charge in [-0.3, -0.25) is 9.78 Å². The lowest BCUT2D eigenvalue weighted by Gasteiger charge is -2.27. The van der Waals surface area contributed by atoms with Crippen molar-refractivity contribution in [3.05, 3.63) is 18.1 Å². The summed E-state index contributed by atoms with van der Waals surface area (Å²) in [5.74, 6) is -0.0471. The molecule has 0 aliphatic carbocycles. The zero-order chi connectivity index (χ0) is 14.3. The molecule has 1 fully saturated rings. The lowest BCUT2D eigenvalue weighted by molar-refractivity contribution is -0.0662. The number of rotatable bonds is 3. The molecule has 1 amide bonds. The molecule has 1 saturated heterocycles. The van der Waals surface area contributed by atoms with Crippen LogP contribution in [0.2, 0.25) is 0 Å². The Morgan fingerprint density at radius 1 is 1.42 bits per heavy atom. The maximum absolute atomic E-state index is 11.1. The summed E-state index contributed by atoms with van der Waals surface area (Å²) >= 11 is 0. The van der Waals surface area contributed by atoms with Crippen LogP contribution in [-0.4, -0.2) is 33.1 Å². The highest BCUT2D eigenvalue weighted by Crippen LogP contribution is 2.38. The summed E-state index contributed by atoms with van der Waals surface area (Å²) in [7, 11) is 0. The first-order chi connectivity index (χ1) is 8.70. The van der Waals surface area contributed by atoms with Crippen molar-refractivity contribution in [2.75, 3.05) is 5.32 Å². The number of nitrogens with one attached hydrogen (secondary N) is 1. The van der Waals surface area contributed by atoms with Crippen molar-refractivity contribution in [1.29, 1.82) is 0 Å². The van der Waals surface area contributed by atoms with Crippen LogP contribution in [0.1, 0.15) is 44.6 Å². The second kappa shape index (κ2) is 4.45. The van der Waals surface area contributed by atoms with Gasteiger partial charge >= 0.3 is 0 Å². The van der Waals surface area contributed by atoms with Gasteiger partial charge < -0.3 is 15.8 Å². The molecule has 6 nitrogen and oxygen atoms in total. The highest BCUT2D eigenvalue weighted by atomic mass is 16.5. The molecule has 1 aromatic rings. The Morgan fingerprint density at radius 2 is 2.11 bits per heavy atom. The fourth-order valence-electron chi connectivity index (χ4n) is 2.52. The molecule has 0 saturated carbocycles. The van der Waals surface area contributed by atoms with Gasteiger partial charge in [-0.2, -0.15) is 0 Å². The van der Waals surface area contributed by atoms with Gasteiger partial charge in [-0.25, -0.2) is 4.98 Å². The second-order valence-corrected chi connectivity index (χ2v) is 6.02. The minimum Gasteiger partial charge on any atom is -0.367 e. The third kappa shape index (κ3) is 3.01. The molecule has 2 heterocycles. The Morgan fingerprint density at radius 3 is 2.63 bits per heavy atom. The van der Waals surface area contributed by atoms with Crippen molar-refractivity contribution in [2.24, 2.45) is 5.73 Å². The maximum Gasteiger partial charge on any atom is 0.268 e. The van der Waals surface area contributed by atoms with Crippen LogP contribution < -0.4 is 11.1 Å². The Balaban J connectivity index is 2.17. The largest absolute Gasteiger partial charge is 0.367 e. The highest BCUT2D eigenvalue weighted by Gasteiger charge is 2.46. The Hall–Kier alpha value is -1.69. The van der Waals surface area contributed by atoms with Gasteiger partial charge in [0.15, 0.2) is 0 Å². The molecular formula is C13H20N4O2. The van der Waals surface area contributed by atoms with Crippen LogP contribution in [0.5, 0.6) is 0 Å². The van der Waals surface area contributed by atoms with E-state index in [2.05, 4.69) is 29.1 Å². The van der Waals surface area contributed by atoms with Crippen LogP contribution in [0.4, 0.5) is 5.82 Å². The summed E-state index contributed by atoms with van der Waals surface area (Å²) in [5.41, 5.74) is 4.85. The van der Waals surface area contributed by atoms with Gasteiger partial charge in [0.2, 0.25) is 0 Å². The molecular weight excluding hydrogens is 244 g/mol. The SMILES string of the molecule is CC1(C)CC(Nc2cncc(C(N)=O)n2)C(C)(C)O1. The van der Waals surface area contributed by atoms with Gasteiger partial charge in [0, 0.05) is 0 Å². The van der Waals surface area contributed by atoms with Crippen molar-refractivity contribution in [3.63, 3.8) is 0 Å². The molecule has 1 aliphatic heterocycles. The fraction of sp³-hybridized carbons (Fsp3) is 0.615. The molecule has 104 valence electrons. The van der Waals surface area contributed by atoms with E-state index in [4.69, 9.17) is 10.5 Å². The third-order valence-electron chi connectivity index (χ3n) is 3.28. The Bertz CT molecular complexity index is 499. The van der Waals surface area contributed by atoms with Crippen molar-refractivity contribution in [2.45, 2.75) is 51.4 Å². The summed E-state index contributed by atoms with van der Waals surface area (Å²) < 4.78 is 6.00. The minimum absolute atomic E-state index is 0.0972. The van der Waals surface area contributed by atoms with Crippen molar-refractivity contribution in [1.82, 2.24) is 9.97 Å². The summed E-state index contributed by atoms with van der Waals surface area (Å²) in [6.07, 6.45) is 3.78. The van der Waals surface area contributed by atoms with E-state index in [0.717, 1.165) is 6.42 Å². The van der Waals surface area contributed by atoms with Crippen LogP contribution in [-0.2, 0) is 4.74 Å². The van der Waals surface area contributed by atoms with Gasteiger partial charge in [-0.1, -0.05) is 0 Å². The van der Waals surface area contributed by atoms with E-state index in [1.807, 2.05) is 13.8 Å². The molecule has 6 heteroatoms. The number of carbonyl (C=O) groups is 1. The summed E-state index contributed by atoms with van der Waals surface area (Å²) in [6.45, 7) is 8.18. The van der Waals surface area contributed by atoms with E-state index in [1.165, 1.54) is 6.20 Å². The first-order valence-electron chi connectivity index (χ1n) is 6.28. The average molecular weight is 264 g/mol. The predicted octanol–water partition coefficient (Wildman–Crippen LogP) is 1.33. The Labute approximate surface area is 112 Å². The minimum atomic E-state index is -0.585. The third-order valence-corrected chi connectivity index (χ3v) is 3.28. The smallest absolute Gasteiger partial charge is 0.268 e. The maximum atomic E-state index is 11.1. The zero-order valence-electron chi connectivity index (χ0n) is 11.7. The number of anilines is 1. The van der Waals surface area contributed by atoms with Crippen LogP contribution in [0, 0.1) is 0 Å². The monoisotopic (exact) mass is 264 g/mol. The molecule has 1 aromatic heterocycles. The molecule has 19 heavy (non-hydrogen) atoms. The number of amides is 1. The van der Waals surface area contributed by atoms with Gasteiger partial charge in [-0.05, 0) is 34.1 Å². The number of hydrogen-bond donors (Lipinski definition) is 2.